The van der Waals surface area contributed by atoms with Crippen molar-refractivity contribution >= 4 is 27.8 Å². The SMILES string of the molecule is CCOc1cc(C=NNc2cccc(C(F)(F)F)c2)cc(Br)c1O. The number of nitrogens with one attached hydrogen (secondary N) is 1. The van der Waals surface area contributed by atoms with E-state index in [1.54, 1.807) is 19.1 Å². The number of alkyl halides is 3. The average Bonchev–Trinajstić information content (AvgIpc) is 2.52. The van der Waals surface area contributed by atoms with Gasteiger partial charge in [0.15, 0.2) is 11.5 Å². The van der Waals surface area contributed by atoms with Crippen molar-refractivity contribution in [2.45, 2.75) is 13.1 Å². The first-order valence-electron chi connectivity index (χ1n) is 6.93. The zero-order chi connectivity index (χ0) is 17.7. The fraction of sp³-hybridized carbons (Fsp3) is 0.188. The average molecular weight is 403 g/mol. The third kappa shape index (κ3) is 4.64. The zero-order valence-corrected chi connectivity index (χ0v) is 14.1. The van der Waals surface area contributed by atoms with Crippen molar-refractivity contribution in [2.24, 2.45) is 5.10 Å². The summed E-state index contributed by atoms with van der Waals surface area (Å²) in [7, 11) is 0. The largest absolute Gasteiger partial charge is 0.503 e. The van der Waals surface area contributed by atoms with Gasteiger partial charge in [-0.05, 0) is 58.7 Å². The molecule has 0 heterocycles. The summed E-state index contributed by atoms with van der Waals surface area (Å²) < 4.78 is 43.6. The normalized spacial score (nSPS) is 11.7. The highest BCUT2D eigenvalue weighted by atomic mass is 79.9. The minimum absolute atomic E-state index is 0.0279. The molecule has 8 heteroatoms. The molecule has 0 saturated heterocycles. The summed E-state index contributed by atoms with van der Waals surface area (Å²) in [5, 5.41) is 13.7. The third-order valence-corrected chi connectivity index (χ3v) is 3.55. The van der Waals surface area contributed by atoms with Crippen LogP contribution in [0.1, 0.15) is 18.1 Å². The van der Waals surface area contributed by atoms with Crippen molar-refractivity contribution in [3.05, 3.63) is 52.0 Å². The number of halogens is 4. The Hall–Kier alpha value is -2.22. The molecule has 0 aliphatic carbocycles. The van der Waals surface area contributed by atoms with Crippen LogP contribution in [0.4, 0.5) is 18.9 Å². The van der Waals surface area contributed by atoms with Gasteiger partial charge in [-0.3, -0.25) is 5.43 Å². The number of benzene rings is 2. The number of rotatable bonds is 5. The molecule has 0 spiro atoms. The van der Waals surface area contributed by atoms with E-state index < -0.39 is 11.7 Å². The summed E-state index contributed by atoms with van der Waals surface area (Å²) in [6, 6.07) is 7.90. The van der Waals surface area contributed by atoms with Crippen LogP contribution in [-0.2, 0) is 6.18 Å². The second-order valence-electron chi connectivity index (χ2n) is 4.73. The summed E-state index contributed by atoms with van der Waals surface area (Å²) in [6.45, 7) is 2.16. The van der Waals surface area contributed by atoms with E-state index >= 15 is 0 Å². The standard InChI is InChI=1S/C16H14BrF3N2O2/c1-2-24-14-7-10(6-13(17)15(14)23)9-21-22-12-5-3-4-11(8-12)16(18,19)20/h3-9,22-23H,2H2,1H3. The van der Waals surface area contributed by atoms with Crippen LogP contribution in [0.25, 0.3) is 0 Å². The molecular weight excluding hydrogens is 389 g/mol. The van der Waals surface area contributed by atoms with Gasteiger partial charge >= 0.3 is 6.18 Å². The first-order chi connectivity index (χ1) is 11.3. The van der Waals surface area contributed by atoms with Gasteiger partial charge in [0.25, 0.3) is 0 Å². The number of nitrogens with zero attached hydrogens (tertiary/aromatic N) is 1. The molecule has 4 nitrogen and oxygen atoms in total. The van der Waals surface area contributed by atoms with Gasteiger partial charge < -0.3 is 9.84 Å². The van der Waals surface area contributed by atoms with Crippen molar-refractivity contribution in [1.82, 2.24) is 0 Å². The van der Waals surface area contributed by atoms with Crippen molar-refractivity contribution in [2.75, 3.05) is 12.0 Å². The van der Waals surface area contributed by atoms with Crippen LogP contribution in [0.3, 0.4) is 0 Å². The third-order valence-electron chi connectivity index (χ3n) is 2.95. The summed E-state index contributed by atoms with van der Waals surface area (Å²) in [5.41, 5.74) is 2.60. The molecule has 2 aromatic carbocycles. The Labute approximate surface area is 145 Å². The Bertz CT molecular complexity index is 749. The van der Waals surface area contributed by atoms with Crippen LogP contribution in [0.15, 0.2) is 46.0 Å². The number of hydrogen-bond donors (Lipinski definition) is 2. The lowest BCUT2D eigenvalue weighted by Gasteiger charge is -2.09. The monoisotopic (exact) mass is 402 g/mol. The molecular formula is C16H14BrF3N2O2. The zero-order valence-electron chi connectivity index (χ0n) is 12.6. The number of phenolic OH excluding ortho intramolecular Hbond substituents is 1. The van der Waals surface area contributed by atoms with E-state index in [2.05, 4.69) is 26.5 Å². The van der Waals surface area contributed by atoms with Crippen molar-refractivity contribution in [1.29, 1.82) is 0 Å². The molecule has 0 radical (unpaired) electrons. The van der Waals surface area contributed by atoms with Gasteiger partial charge in [0.2, 0.25) is 0 Å². The van der Waals surface area contributed by atoms with E-state index in [-0.39, 0.29) is 17.2 Å². The summed E-state index contributed by atoms with van der Waals surface area (Å²) in [6.07, 6.45) is -3.00. The van der Waals surface area contributed by atoms with Crippen LogP contribution >= 0.6 is 15.9 Å². The first-order valence-corrected chi connectivity index (χ1v) is 7.72. The lowest BCUT2D eigenvalue weighted by atomic mass is 10.2. The van der Waals surface area contributed by atoms with E-state index in [0.717, 1.165) is 12.1 Å². The number of hydrazone groups is 1. The Morgan fingerprint density at radius 1 is 1.29 bits per heavy atom. The van der Waals surface area contributed by atoms with Gasteiger partial charge in [-0.2, -0.15) is 18.3 Å². The van der Waals surface area contributed by atoms with Gasteiger partial charge in [-0.25, -0.2) is 0 Å². The Morgan fingerprint density at radius 3 is 2.71 bits per heavy atom. The van der Waals surface area contributed by atoms with E-state index in [9.17, 15) is 18.3 Å². The van der Waals surface area contributed by atoms with Gasteiger partial charge in [-0.15, -0.1) is 0 Å². The van der Waals surface area contributed by atoms with Crippen LogP contribution in [0.5, 0.6) is 11.5 Å². The van der Waals surface area contributed by atoms with Crippen LogP contribution < -0.4 is 10.2 Å². The summed E-state index contributed by atoms with van der Waals surface area (Å²) in [4.78, 5) is 0. The molecule has 2 aromatic rings. The predicted octanol–water partition coefficient (Wildman–Crippen LogP) is 5.02. The maximum Gasteiger partial charge on any atom is 0.416 e. The van der Waals surface area contributed by atoms with E-state index in [0.29, 0.717) is 16.6 Å². The fourth-order valence-corrected chi connectivity index (χ4v) is 2.34. The van der Waals surface area contributed by atoms with Crippen molar-refractivity contribution in [3.8, 4) is 11.5 Å². The molecule has 0 aliphatic heterocycles. The first kappa shape index (κ1) is 18.1. The minimum Gasteiger partial charge on any atom is -0.503 e. The highest BCUT2D eigenvalue weighted by molar-refractivity contribution is 9.10. The van der Waals surface area contributed by atoms with Gasteiger partial charge in [0.05, 0.1) is 28.5 Å². The second kappa shape index (κ2) is 7.57. The molecule has 24 heavy (non-hydrogen) atoms. The number of hydrogen-bond acceptors (Lipinski definition) is 4. The molecule has 0 atom stereocenters. The van der Waals surface area contributed by atoms with E-state index in [1.165, 1.54) is 18.3 Å². The summed E-state index contributed by atoms with van der Waals surface area (Å²) in [5.74, 6) is 0.257. The maximum absolute atomic E-state index is 12.6. The molecule has 0 bridgehead atoms. The lowest BCUT2D eigenvalue weighted by molar-refractivity contribution is -0.137. The van der Waals surface area contributed by atoms with Gasteiger partial charge in [0, 0.05) is 0 Å². The Morgan fingerprint density at radius 2 is 2.04 bits per heavy atom. The molecule has 128 valence electrons. The smallest absolute Gasteiger partial charge is 0.416 e. The summed E-state index contributed by atoms with van der Waals surface area (Å²) >= 11 is 3.20. The van der Waals surface area contributed by atoms with Crippen molar-refractivity contribution in [3.63, 3.8) is 0 Å². The van der Waals surface area contributed by atoms with Gasteiger partial charge in [0.1, 0.15) is 0 Å². The van der Waals surface area contributed by atoms with E-state index in [1.807, 2.05) is 0 Å². The van der Waals surface area contributed by atoms with Crippen LogP contribution in [-0.4, -0.2) is 17.9 Å². The Balaban J connectivity index is 2.15. The molecule has 0 aromatic heterocycles. The topological polar surface area (TPSA) is 53.8 Å². The van der Waals surface area contributed by atoms with Gasteiger partial charge in [-0.1, -0.05) is 6.07 Å². The molecule has 0 aliphatic rings. The van der Waals surface area contributed by atoms with Crippen LogP contribution in [0, 0.1) is 0 Å². The number of anilines is 1. The highest BCUT2D eigenvalue weighted by Gasteiger charge is 2.30. The van der Waals surface area contributed by atoms with Crippen molar-refractivity contribution < 1.29 is 23.0 Å². The highest BCUT2D eigenvalue weighted by Crippen LogP contribution is 2.35. The number of phenols is 1. The minimum atomic E-state index is -4.41. The lowest BCUT2D eigenvalue weighted by Crippen LogP contribution is -2.05. The van der Waals surface area contributed by atoms with E-state index in [4.69, 9.17) is 4.74 Å². The fourth-order valence-electron chi connectivity index (χ4n) is 1.88. The predicted molar refractivity (Wildman–Crippen MR) is 89.6 cm³/mol. The number of aromatic hydroxyl groups is 1. The molecule has 2 N–H and O–H groups in total. The van der Waals surface area contributed by atoms with Crippen LogP contribution in [0.2, 0.25) is 0 Å². The molecule has 0 saturated carbocycles. The Kier molecular flexibility index (Phi) is 5.71. The molecule has 0 fully saturated rings. The molecule has 0 amide bonds. The quantitative estimate of drug-likeness (QED) is 0.545. The second-order valence-corrected chi connectivity index (χ2v) is 5.59. The maximum atomic E-state index is 12.6. The molecule has 0 unspecified atom stereocenters. The number of ether oxygens (including phenoxy) is 1. The molecule has 2 rings (SSSR count).